The maximum Gasteiger partial charge on any atom is 0.350 e. The van der Waals surface area contributed by atoms with Crippen LogP contribution in [0, 0.1) is 27.6 Å². The van der Waals surface area contributed by atoms with Gasteiger partial charge in [0.2, 0.25) is 17.4 Å². The standard InChI is InChI=1S/C7H3BrF3NO3/c1-15-7-5(11)3(9)2(8)4(10)6(7)12(13)14/h1H3. The third-order valence-corrected chi connectivity index (χ3v) is 2.28. The summed E-state index contributed by atoms with van der Waals surface area (Å²) in [6.07, 6.45) is 0. The first kappa shape index (κ1) is 11.8. The minimum Gasteiger partial charge on any atom is -0.488 e. The Hall–Kier alpha value is -1.31. The zero-order valence-corrected chi connectivity index (χ0v) is 8.77. The largest absolute Gasteiger partial charge is 0.488 e. The van der Waals surface area contributed by atoms with Crippen LogP contribution in [0.2, 0.25) is 0 Å². The highest BCUT2D eigenvalue weighted by Gasteiger charge is 2.32. The number of hydrogen-bond acceptors (Lipinski definition) is 3. The van der Waals surface area contributed by atoms with Gasteiger partial charge in [-0.25, -0.2) is 4.39 Å². The number of halogens is 4. The maximum atomic E-state index is 13.2. The van der Waals surface area contributed by atoms with Crippen molar-refractivity contribution in [1.29, 1.82) is 0 Å². The number of hydrogen-bond donors (Lipinski definition) is 0. The van der Waals surface area contributed by atoms with Gasteiger partial charge in [-0.1, -0.05) is 0 Å². The van der Waals surface area contributed by atoms with Gasteiger partial charge in [-0.15, -0.1) is 0 Å². The quantitative estimate of drug-likeness (QED) is 0.363. The highest BCUT2D eigenvalue weighted by atomic mass is 79.9. The average molecular weight is 286 g/mol. The minimum absolute atomic E-state index is 0.873. The molecule has 0 amide bonds. The molecule has 0 aliphatic carbocycles. The average Bonchev–Trinajstić information content (AvgIpc) is 2.19. The second-order valence-electron chi connectivity index (χ2n) is 2.39. The first-order chi connectivity index (χ1) is 6.91. The van der Waals surface area contributed by atoms with E-state index < -0.39 is 38.3 Å². The fourth-order valence-electron chi connectivity index (χ4n) is 0.949. The van der Waals surface area contributed by atoms with E-state index in [2.05, 4.69) is 20.7 Å². The number of nitro groups is 1. The molecule has 0 saturated heterocycles. The Morgan fingerprint density at radius 1 is 1.27 bits per heavy atom. The summed E-state index contributed by atoms with van der Waals surface area (Å²) < 4.78 is 42.4. The normalized spacial score (nSPS) is 10.2. The van der Waals surface area contributed by atoms with E-state index in [4.69, 9.17) is 0 Å². The van der Waals surface area contributed by atoms with Crippen LogP contribution in [0.15, 0.2) is 4.47 Å². The van der Waals surface area contributed by atoms with Crippen molar-refractivity contribution in [2.45, 2.75) is 0 Å². The topological polar surface area (TPSA) is 52.4 Å². The number of nitro benzene ring substituents is 1. The molecule has 0 aliphatic rings. The van der Waals surface area contributed by atoms with Gasteiger partial charge in [0.05, 0.1) is 16.5 Å². The van der Waals surface area contributed by atoms with E-state index in [1.807, 2.05) is 0 Å². The van der Waals surface area contributed by atoms with E-state index in [0.29, 0.717) is 0 Å². The summed E-state index contributed by atoms with van der Waals surface area (Å²) in [5, 5.41) is 10.4. The van der Waals surface area contributed by atoms with Gasteiger partial charge in [-0.05, 0) is 15.9 Å². The predicted molar refractivity (Wildman–Crippen MR) is 47.2 cm³/mol. The molecule has 0 N–H and O–H groups in total. The molecule has 0 aromatic heterocycles. The van der Waals surface area contributed by atoms with Crippen LogP contribution < -0.4 is 4.74 Å². The molecule has 0 bridgehead atoms. The minimum atomic E-state index is -1.61. The Labute approximate surface area is 89.9 Å². The van der Waals surface area contributed by atoms with Crippen molar-refractivity contribution in [3.63, 3.8) is 0 Å². The van der Waals surface area contributed by atoms with Gasteiger partial charge in [0.15, 0.2) is 5.82 Å². The van der Waals surface area contributed by atoms with Crippen molar-refractivity contribution in [3.8, 4) is 5.75 Å². The summed E-state index contributed by atoms with van der Waals surface area (Å²) >= 11 is 2.36. The zero-order chi connectivity index (χ0) is 11.7. The molecule has 0 saturated carbocycles. The molecule has 8 heteroatoms. The molecule has 1 rings (SSSR count). The predicted octanol–water partition coefficient (Wildman–Crippen LogP) is 2.78. The van der Waals surface area contributed by atoms with Crippen LogP contribution in [-0.4, -0.2) is 12.0 Å². The van der Waals surface area contributed by atoms with Crippen LogP contribution in [0.25, 0.3) is 0 Å². The summed E-state index contributed by atoms with van der Waals surface area (Å²) in [6, 6.07) is 0. The summed E-state index contributed by atoms with van der Waals surface area (Å²) in [6.45, 7) is 0. The van der Waals surface area contributed by atoms with Gasteiger partial charge < -0.3 is 4.74 Å². The van der Waals surface area contributed by atoms with Crippen molar-refractivity contribution in [3.05, 3.63) is 32.0 Å². The lowest BCUT2D eigenvalue weighted by Crippen LogP contribution is -2.03. The lowest BCUT2D eigenvalue weighted by molar-refractivity contribution is -0.388. The highest BCUT2D eigenvalue weighted by Crippen LogP contribution is 2.39. The molecular formula is C7H3BrF3NO3. The number of benzene rings is 1. The van der Waals surface area contributed by atoms with Crippen molar-refractivity contribution < 1.29 is 22.8 Å². The van der Waals surface area contributed by atoms with Crippen molar-refractivity contribution >= 4 is 21.6 Å². The second-order valence-corrected chi connectivity index (χ2v) is 3.19. The van der Waals surface area contributed by atoms with Crippen LogP contribution in [0.3, 0.4) is 0 Å². The van der Waals surface area contributed by atoms with Crippen LogP contribution in [0.1, 0.15) is 0 Å². The van der Waals surface area contributed by atoms with E-state index in [-0.39, 0.29) is 0 Å². The fourth-order valence-corrected chi connectivity index (χ4v) is 1.31. The van der Waals surface area contributed by atoms with Gasteiger partial charge in [-0.2, -0.15) is 8.78 Å². The smallest absolute Gasteiger partial charge is 0.350 e. The fraction of sp³-hybridized carbons (Fsp3) is 0.143. The molecule has 0 fully saturated rings. The molecule has 0 atom stereocenters. The Morgan fingerprint density at radius 2 is 1.80 bits per heavy atom. The second kappa shape index (κ2) is 4.05. The molecule has 0 heterocycles. The number of ether oxygens (including phenoxy) is 1. The molecule has 0 aliphatic heterocycles. The molecular weight excluding hydrogens is 283 g/mol. The molecule has 0 unspecified atom stereocenters. The van der Waals surface area contributed by atoms with E-state index in [1.54, 1.807) is 0 Å². The van der Waals surface area contributed by atoms with Gasteiger partial charge in [0.1, 0.15) is 0 Å². The van der Waals surface area contributed by atoms with Crippen molar-refractivity contribution in [2.75, 3.05) is 7.11 Å². The first-order valence-corrected chi connectivity index (χ1v) is 4.25. The van der Waals surface area contributed by atoms with Crippen LogP contribution in [-0.2, 0) is 0 Å². The Balaban J connectivity index is 3.70. The molecule has 1 aromatic carbocycles. The summed E-state index contributed by atoms with van der Waals surface area (Å²) in [4.78, 5) is 9.20. The first-order valence-electron chi connectivity index (χ1n) is 3.46. The van der Waals surface area contributed by atoms with Gasteiger partial charge in [-0.3, -0.25) is 10.1 Å². The van der Waals surface area contributed by atoms with Crippen LogP contribution >= 0.6 is 15.9 Å². The van der Waals surface area contributed by atoms with Crippen LogP contribution in [0.5, 0.6) is 5.75 Å². The molecule has 82 valence electrons. The Bertz CT molecular complexity index is 438. The summed E-state index contributed by atoms with van der Waals surface area (Å²) in [7, 11) is 0.873. The SMILES string of the molecule is COc1c(F)c(F)c(Br)c(F)c1[N+](=O)[O-]. The summed E-state index contributed by atoms with van der Waals surface area (Å²) in [5.41, 5.74) is -1.25. The van der Waals surface area contributed by atoms with Crippen molar-refractivity contribution in [2.24, 2.45) is 0 Å². The Kier molecular flexibility index (Phi) is 3.18. The monoisotopic (exact) mass is 285 g/mol. The number of rotatable bonds is 2. The van der Waals surface area contributed by atoms with Gasteiger partial charge in [0, 0.05) is 0 Å². The zero-order valence-electron chi connectivity index (χ0n) is 7.18. The highest BCUT2D eigenvalue weighted by molar-refractivity contribution is 9.10. The lowest BCUT2D eigenvalue weighted by atomic mass is 10.2. The van der Waals surface area contributed by atoms with Gasteiger partial charge in [0.25, 0.3) is 0 Å². The molecule has 0 radical (unpaired) electrons. The third kappa shape index (κ3) is 1.76. The molecule has 4 nitrogen and oxygen atoms in total. The van der Waals surface area contributed by atoms with E-state index in [0.717, 1.165) is 7.11 Å². The van der Waals surface area contributed by atoms with E-state index in [9.17, 15) is 23.3 Å². The lowest BCUT2D eigenvalue weighted by Gasteiger charge is -2.06. The number of methoxy groups -OCH3 is 1. The molecule has 1 aromatic rings. The maximum absolute atomic E-state index is 13.2. The number of nitrogens with zero attached hydrogens (tertiary/aromatic N) is 1. The Morgan fingerprint density at radius 3 is 2.20 bits per heavy atom. The van der Waals surface area contributed by atoms with E-state index >= 15 is 0 Å². The van der Waals surface area contributed by atoms with Crippen molar-refractivity contribution in [1.82, 2.24) is 0 Å². The summed E-state index contributed by atoms with van der Waals surface area (Å²) in [5.74, 6) is -5.78. The third-order valence-electron chi connectivity index (χ3n) is 1.59. The van der Waals surface area contributed by atoms with Crippen LogP contribution in [0.4, 0.5) is 18.9 Å². The van der Waals surface area contributed by atoms with E-state index in [1.165, 1.54) is 0 Å². The van der Waals surface area contributed by atoms with Gasteiger partial charge >= 0.3 is 5.69 Å². The molecule has 15 heavy (non-hydrogen) atoms. The molecule has 0 spiro atoms.